The van der Waals surface area contributed by atoms with E-state index in [4.69, 9.17) is 39.5 Å². The van der Waals surface area contributed by atoms with E-state index in [1.165, 1.54) is 0 Å². The maximum Gasteiger partial charge on any atom is 0.0842 e. The molecular weight excluding hydrogens is 254 g/mol. The molecule has 0 saturated carbocycles. The highest BCUT2D eigenvalue weighted by Gasteiger charge is 2.33. The molecule has 0 bridgehead atoms. The SMILES string of the molecule is CC1OC1CCc1c(Cl)ccc(Cl)c1Cl. The minimum atomic E-state index is 0.358. The summed E-state index contributed by atoms with van der Waals surface area (Å²) < 4.78 is 5.33. The van der Waals surface area contributed by atoms with Crippen molar-refractivity contribution in [3.8, 4) is 0 Å². The molecule has 1 aromatic rings. The Balaban J connectivity index is 2.09. The highest BCUT2D eigenvalue weighted by molar-refractivity contribution is 6.44. The normalized spacial score (nSPS) is 24.3. The van der Waals surface area contributed by atoms with Crippen molar-refractivity contribution in [2.45, 2.75) is 32.0 Å². The molecule has 1 aromatic carbocycles. The lowest BCUT2D eigenvalue weighted by atomic mass is 10.1. The van der Waals surface area contributed by atoms with E-state index < -0.39 is 0 Å². The van der Waals surface area contributed by atoms with E-state index in [0.717, 1.165) is 18.4 Å². The van der Waals surface area contributed by atoms with Gasteiger partial charge in [-0.25, -0.2) is 0 Å². The van der Waals surface area contributed by atoms with Crippen molar-refractivity contribution in [3.05, 3.63) is 32.8 Å². The highest BCUT2D eigenvalue weighted by atomic mass is 35.5. The summed E-state index contributed by atoms with van der Waals surface area (Å²) in [4.78, 5) is 0. The van der Waals surface area contributed by atoms with Crippen molar-refractivity contribution in [3.63, 3.8) is 0 Å². The van der Waals surface area contributed by atoms with Crippen molar-refractivity contribution in [2.24, 2.45) is 0 Å². The van der Waals surface area contributed by atoms with Crippen LogP contribution >= 0.6 is 34.8 Å². The Morgan fingerprint density at radius 2 is 1.80 bits per heavy atom. The number of benzene rings is 1. The van der Waals surface area contributed by atoms with Crippen LogP contribution in [0.1, 0.15) is 18.9 Å². The molecule has 1 nitrogen and oxygen atoms in total. The summed E-state index contributed by atoms with van der Waals surface area (Å²) in [6.07, 6.45) is 2.49. The van der Waals surface area contributed by atoms with Crippen molar-refractivity contribution >= 4 is 34.8 Å². The van der Waals surface area contributed by atoms with Crippen LogP contribution in [0.3, 0.4) is 0 Å². The molecule has 0 amide bonds. The predicted molar refractivity (Wildman–Crippen MR) is 64.1 cm³/mol. The van der Waals surface area contributed by atoms with E-state index in [9.17, 15) is 0 Å². The lowest BCUT2D eigenvalue weighted by Crippen LogP contribution is -1.96. The Morgan fingerprint density at radius 1 is 1.20 bits per heavy atom. The lowest BCUT2D eigenvalue weighted by Gasteiger charge is -2.07. The number of hydrogen-bond donors (Lipinski definition) is 0. The lowest BCUT2D eigenvalue weighted by molar-refractivity contribution is 0.370. The van der Waals surface area contributed by atoms with Crippen LogP contribution in [0.5, 0.6) is 0 Å². The van der Waals surface area contributed by atoms with E-state index in [1.54, 1.807) is 12.1 Å². The Bertz CT molecular complexity index is 378. The Hall–Kier alpha value is 0.0500. The van der Waals surface area contributed by atoms with E-state index >= 15 is 0 Å². The second-order valence-electron chi connectivity index (χ2n) is 3.74. The largest absolute Gasteiger partial charge is 0.370 e. The first-order valence-electron chi connectivity index (χ1n) is 4.87. The number of epoxide rings is 1. The number of hydrogen-bond acceptors (Lipinski definition) is 1. The summed E-state index contributed by atoms with van der Waals surface area (Å²) in [6.45, 7) is 2.06. The first-order chi connectivity index (χ1) is 7.09. The van der Waals surface area contributed by atoms with Gasteiger partial charge in [-0.1, -0.05) is 34.8 Å². The third-order valence-electron chi connectivity index (χ3n) is 2.65. The molecule has 4 heteroatoms. The first-order valence-corrected chi connectivity index (χ1v) is 6.01. The summed E-state index contributed by atoms with van der Waals surface area (Å²) in [5, 5.41) is 1.80. The summed E-state index contributed by atoms with van der Waals surface area (Å²) in [7, 11) is 0. The van der Waals surface area contributed by atoms with Gasteiger partial charge in [0.2, 0.25) is 0 Å². The standard InChI is InChI=1S/C11H11Cl3O/c1-6-10(15-6)5-2-7-8(12)3-4-9(13)11(7)14/h3-4,6,10H,2,5H2,1H3. The summed E-state index contributed by atoms with van der Waals surface area (Å²) in [6, 6.07) is 3.49. The molecule has 0 N–H and O–H groups in total. The molecule has 0 radical (unpaired) electrons. The molecule has 0 aromatic heterocycles. The van der Waals surface area contributed by atoms with E-state index in [1.807, 2.05) is 0 Å². The maximum absolute atomic E-state index is 6.08. The fourth-order valence-electron chi connectivity index (χ4n) is 1.62. The van der Waals surface area contributed by atoms with Gasteiger partial charge in [0, 0.05) is 5.02 Å². The smallest absolute Gasteiger partial charge is 0.0842 e. The van der Waals surface area contributed by atoms with Gasteiger partial charge in [0.15, 0.2) is 0 Å². The van der Waals surface area contributed by atoms with Crippen molar-refractivity contribution in [2.75, 3.05) is 0 Å². The van der Waals surface area contributed by atoms with Gasteiger partial charge in [0.1, 0.15) is 0 Å². The molecule has 1 aliphatic rings. The van der Waals surface area contributed by atoms with E-state index in [0.29, 0.717) is 27.3 Å². The average molecular weight is 266 g/mol. The molecule has 2 unspecified atom stereocenters. The van der Waals surface area contributed by atoms with Crippen LogP contribution in [-0.2, 0) is 11.2 Å². The average Bonchev–Trinajstić information content (AvgIpc) is 2.89. The van der Waals surface area contributed by atoms with Gasteiger partial charge in [0.25, 0.3) is 0 Å². The summed E-state index contributed by atoms with van der Waals surface area (Å²) in [5.41, 5.74) is 0.925. The molecule has 15 heavy (non-hydrogen) atoms. The molecule has 0 aliphatic carbocycles. The predicted octanol–water partition coefficient (Wildman–Crippen LogP) is 4.37. The summed E-state index contributed by atoms with van der Waals surface area (Å²) >= 11 is 18.1. The number of rotatable bonds is 3. The van der Waals surface area contributed by atoms with Crippen LogP contribution in [0.25, 0.3) is 0 Å². The van der Waals surface area contributed by atoms with Crippen LogP contribution in [-0.4, -0.2) is 12.2 Å². The van der Waals surface area contributed by atoms with Gasteiger partial charge in [-0.05, 0) is 37.5 Å². The fraction of sp³-hybridized carbons (Fsp3) is 0.455. The zero-order valence-corrected chi connectivity index (χ0v) is 10.5. The molecule has 0 spiro atoms. The molecule has 1 fully saturated rings. The quantitative estimate of drug-likeness (QED) is 0.584. The van der Waals surface area contributed by atoms with Crippen LogP contribution in [0.15, 0.2) is 12.1 Å². The van der Waals surface area contributed by atoms with Crippen LogP contribution in [0, 0.1) is 0 Å². The van der Waals surface area contributed by atoms with Crippen LogP contribution in [0.2, 0.25) is 15.1 Å². The minimum absolute atomic E-state index is 0.358. The van der Waals surface area contributed by atoms with Gasteiger partial charge < -0.3 is 4.74 Å². The Morgan fingerprint density at radius 3 is 2.40 bits per heavy atom. The molecule has 2 atom stereocenters. The zero-order chi connectivity index (χ0) is 11.0. The number of halogens is 3. The number of ether oxygens (including phenoxy) is 1. The zero-order valence-electron chi connectivity index (χ0n) is 8.27. The fourth-order valence-corrected chi connectivity index (χ4v) is 2.35. The molecule has 82 valence electrons. The second kappa shape index (κ2) is 4.50. The second-order valence-corrected chi connectivity index (χ2v) is 4.93. The monoisotopic (exact) mass is 264 g/mol. The minimum Gasteiger partial charge on any atom is -0.370 e. The van der Waals surface area contributed by atoms with Crippen molar-refractivity contribution < 1.29 is 4.74 Å². The maximum atomic E-state index is 6.08. The van der Waals surface area contributed by atoms with E-state index in [2.05, 4.69) is 6.92 Å². The third kappa shape index (κ3) is 2.59. The van der Waals surface area contributed by atoms with Gasteiger partial charge >= 0.3 is 0 Å². The topological polar surface area (TPSA) is 12.5 Å². The highest BCUT2D eigenvalue weighted by Crippen LogP contribution is 2.34. The van der Waals surface area contributed by atoms with Gasteiger partial charge in [-0.2, -0.15) is 0 Å². The molecule has 1 saturated heterocycles. The Labute approximate surface area is 104 Å². The first kappa shape index (κ1) is 11.5. The van der Waals surface area contributed by atoms with Crippen molar-refractivity contribution in [1.29, 1.82) is 0 Å². The molecular formula is C11H11Cl3O. The van der Waals surface area contributed by atoms with E-state index in [-0.39, 0.29) is 0 Å². The van der Waals surface area contributed by atoms with Crippen LogP contribution in [0.4, 0.5) is 0 Å². The third-order valence-corrected chi connectivity index (χ3v) is 3.85. The van der Waals surface area contributed by atoms with Crippen molar-refractivity contribution in [1.82, 2.24) is 0 Å². The summed E-state index contributed by atoms with van der Waals surface area (Å²) in [5.74, 6) is 0. The Kier molecular flexibility index (Phi) is 3.46. The van der Waals surface area contributed by atoms with Gasteiger partial charge in [0.05, 0.1) is 22.3 Å². The molecule has 2 rings (SSSR count). The van der Waals surface area contributed by atoms with Crippen LogP contribution < -0.4 is 0 Å². The molecule has 1 heterocycles. The van der Waals surface area contributed by atoms with Gasteiger partial charge in [-0.15, -0.1) is 0 Å². The molecule has 1 aliphatic heterocycles. The van der Waals surface area contributed by atoms with Gasteiger partial charge in [-0.3, -0.25) is 0 Å².